The molecule has 2 N–H and O–H groups in total. The molecule has 1 unspecified atom stereocenters. The SMILES string of the molecule is CC(c1ccc(F)c(Cl)c1)n1nc(-c2ccc(O)cc2)cc1-c1ccc(O)cc1. The van der Waals surface area contributed by atoms with Crippen LogP contribution in [0.2, 0.25) is 5.02 Å². The van der Waals surface area contributed by atoms with E-state index in [4.69, 9.17) is 16.7 Å². The number of phenols is 2. The van der Waals surface area contributed by atoms with E-state index in [1.54, 1.807) is 48.5 Å². The molecular weight excluding hydrogens is 391 g/mol. The van der Waals surface area contributed by atoms with Crippen LogP contribution in [0.15, 0.2) is 72.8 Å². The average molecular weight is 409 g/mol. The van der Waals surface area contributed by atoms with Crippen LogP contribution >= 0.6 is 11.6 Å². The highest BCUT2D eigenvalue weighted by Crippen LogP contribution is 2.33. The van der Waals surface area contributed by atoms with Gasteiger partial charge in [-0.3, -0.25) is 4.68 Å². The smallest absolute Gasteiger partial charge is 0.141 e. The molecule has 1 atom stereocenters. The maximum absolute atomic E-state index is 13.6. The highest BCUT2D eigenvalue weighted by atomic mass is 35.5. The van der Waals surface area contributed by atoms with Gasteiger partial charge in [-0.25, -0.2) is 4.39 Å². The fraction of sp³-hybridized carbons (Fsp3) is 0.0870. The van der Waals surface area contributed by atoms with Crippen molar-refractivity contribution in [3.63, 3.8) is 0 Å². The Labute approximate surface area is 172 Å². The van der Waals surface area contributed by atoms with Crippen molar-refractivity contribution in [1.29, 1.82) is 0 Å². The highest BCUT2D eigenvalue weighted by Gasteiger charge is 2.18. The van der Waals surface area contributed by atoms with Crippen LogP contribution in [0.25, 0.3) is 22.5 Å². The van der Waals surface area contributed by atoms with Crippen molar-refractivity contribution >= 4 is 11.6 Å². The summed E-state index contributed by atoms with van der Waals surface area (Å²) in [6.45, 7) is 1.96. The number of rotatable bonds is 4. The molecule has 0 aliphatic rings. The van der Waals surface area contributed by atoms with Gasteiger partial charge in [-0.05, 0) is 79.2 Å². The minimum absolute atomic E-state index is 0.0615. The van der Waals surface area contributed by atoms with Crippen LogP contribution < -0.4 is 0 Å². The molecule has 4 rings (SSSR count). The van der Waals surface area contributed by atoms with Crippen molar-refractivity contribution in [2.75, 3.05) is 0 Å². The molecule has 0 spiro atoms. The predicted octanol–water partition coefficient (Wildman–Crippen LogP) is 6.03. The van der Waals surface area contributed by atoms with Gasteiger partial charge in [-0.15, -0.1) is 0 Å². The maximum atomic E-state index is 13.6. The van der Waals surface area contributed by atoms with Gasteiger partial charge in [-0.1, -0.05) is 17.7 Å². The molecular formula is C23H18ClFN2O2. The van der Waals surface area contributed by atoms with Crippen molar-refractivity contribution in [2.45, 2.75) is 13.0 Å². The van der Waals surface area contributed by atoms with Gasteiger partial charge in [0.05, 0.1) is 22.5 Å². The molecule has 4 aromatic rings. The summed E-state index contributed by atoms with van der Waals surface area (Å²) in [6, 6.07) is 20.0. The summed E-state index contributed by atoms with van der Waals surface area (Å²) in [5, 5.41) is 24.0. The van der Waals surface area contributed by atoms with E-state index in [-0.39, 0.29) is 22.6 Å². The largest absolute Gasteiger partial charge is 0.508 e. The molecule has 0 amide bonds. The first-order chi connectivity index (χ1) is 13.9. The summed E-state index contributed by atoms with van der Waals surface area (Å²) < 4.78 is 15.5. The summed E-state index contributed by atoms with van der Waals surface area (Å²) in [5.41, 5.74) is 4.11. The van der Waals surface area contributed by atoms with E-state index in [9.17, 15) is 14.6 Å². The zero-order valence-corrected chi connectivity index (χ0v) is 16.3. The molecule has 29 heavy (non-hydrogen) atoms. The molecule has 0 bridgehead atoms. The number of phenolic OH excluding ortho intramolecular Hbond substituents is 2. The third-order valence-corrected chi connectivity index (χ3v) is 5.14. The number of hydrogen-bond donors (Lipinski definition) is 2. The van der Waals surface area contributed by atoms with E-state index >= 15 is 0 Å². The summed E-state index contributed by atoms with van der Waals surface area (Å²) in [6.07, 6.45) is 0. The van der Waals surface area contributed by atoms with Crippen molar-refractivity contribution in [1.82, 2.24) is 9.78 Å². The second-order valence-corrected chi connectivity index (χ2v) is 7.21. The van der Waals surface area contributed by atoms with Gasteiger partial charge < -0.3 is 10.2 Å². The first kappa shape index (κ1) is 19.0. The predicted molar refractivity (Wildman–Crippen MR) is 112 cm³/mol. The molecule has 1 heterocycles. The maximum Gasteiger partial charge on any atom is 0.141 e. The molecule has 0 radical (unpaired) electrons. The first-order valence-corrected chi connectivity index (χ1v) is 9.43. The highest BCUT2D eigenvalue weighted by molar-refractivity contribution is 6.30. The van der Waals surface area contributed by atoms with Crippen LogP contribution in [0.5, 0.6) is 11.5 Å². The van der Waals surface area contributed by atoms with Crippen molar-refractivity contribution < 1.29 is 14.6 Å². The van der Waals surface area contributed by atoms with Crippen molar-refractivity contribution in [3.05, 3.63) is 89.2 Å². The summed E-state index contributed by atoms with van der Waals surface area (Å²) >= 11 is 5.98. The molecule has 4 nitrogen and oxygen atoms in total. The number of benzene rings is 3. The minimum atomic E-state index is -0.466. The van der Waals surface area contributed by atoms with E-state index in [1.807, 2.05) is 29.8 Å². The van der Waals surface area contributed by atoms with Crippen LogP contribution in [0.4, 0.5) is 4.39 Å². The molecule has 6 heteroatoms. The van der Waals surface area contributed by atoms with Crippen LogP contribution in [0.3, 0.4) is 0 Å². The van der Waals surface area contributed by atoms with Gasteiger partial charge in [0.2, 0.25) is 0 Å². The lowest BCUT2D eigenvalue weighted by molar-refractivity contribution is 0.475. The Bertz CT molecular complexity index is 1150. The van der Waals surface area contributed by atoms with E-state index in [0.717, 1.165) is 28.1 Å². The average Bonchev–Trinajstić information content (AvgIpc) is 3.16. The number of aromatic nitrogens is 2. The van der Waals surface area contributed by atoms with Gasteiger partial charge in [0, 0.05) is 11.1 Å². The fourth-order valence-electron chi connectivity index (χ4n) is 3.22. The van der Waals surface area contributed by atoms with Gasteiger partial charge in [0.1, 0.15) is 17.3 Å². The third-order valence-electron chi connectivity index (χ3n) is 4.85. The number of nitrogens with zero attached hydrogens (tertiary/aromatic N) is 2. The zero-order chi connectivity index (χ0) is 20.5. The van der Waals surface area contributed by atoms with Gasteiger partial charge >= 0.3 is 0 Å². The Morgan fingerprint density at radius 3 is 2.03 bits per heavy atom. The van der Waals surface area contributed by atoms with Crippen LogP contribution in [0, 0.1) is 5.82 Å². The molecule has 0 aliphatic carbocycles. The van der Waals surface area contributed by atoms with E-state index in [2.05, 4.69) is 0 Å². The second-order valence-electron chi connectivity index (χ2n) is 6.80. The van der Waals surface area contributed by atoms with E-state index < -0.39 is 5.82 Å². The molecule has 1 aromatic heterocycles. The topological polar surface area (TPSA) is 58.3 Å². The Morgan fingerprint density at radius 1 is 0.862 bits per heavy atom. The lowest BCUT2D eigenvalue weighted by Gasteiger charge is -2.17. The zero-order valence-electron chi connectivity index (χ0n) is 15.6. The Hall–Kier alpha value is -3.31. The summed E-state index contributed by atoms with van der Waals surface area (Å²) in [5.74, 6) is -0.107. The molecule has 146 valence electrons. The van der Waals surface area contributed by atoms with Crippen LogP contribution in [0.1, 0.15) is 18.5 Å². The number of hydrogen-bond acceptors (Lipinski definition) is 3. The second kappa shape index (κ2) is 7.60. The van der Waals surface area contributed by atoms with Crippen LogP contribution in [-0.4, -0.2) is 20.0 Å². The van der Waals surface area contributed by atoms with Gasteiger partial charge in [0.15, 0.2) is 0 Å². The van der Waals surface area contributed by atoms with Gasteiger partial charge in [-0.2, -0.15) is 5.10 Å². The molecule has 0 saturated carbocycles. The lowest BCUT2D eigenvalue weighted by Crippen LogP contribution is -2.10. The standard InChI is InChI=1S/C23H18ClFN2O2/c1-14(17-6-11-21(25)20(24)12-17)27-23(16-4-9-19(29)10-5-16)13-22(26-27)15-2-7-18(28)8-3-15/h2-14,28-29H,1H3. The summed E-state index contributed by atoms with van der Waals surface area (Å²) in [4.78, 5) is 0. The fourth-order valence-corrected chi connectivity index (χ4v) is 3.41. The Kier molecular flexibility index (Phi) is 4.99. The van der Waals surface area contributed by atoms with Gasteiger partial charge in [0.25, 0.3) is 0 Å². The van der Waals surface area contributed by atoms with Crippen molar-refractivity contribution in [2.24, 2.45) is 0 Å². The Morgan fingerprint density at radius 2 is 1.45 bits per heavy atom. The number of halogens is 2. The number of aromatic hydroxyl groups is 2. The monoisotopic (exact) mass is 408 g/mol. The lowest BCUT2D eigenvalue weighted by atomic mass is 10.1. The Balaban J connectivity index is 1.84. The van der Waals surface area contributed by atoms with Crippen molar-refractivity contribution in [3.8, 4) is 34.0 Å². The minimum Gasteiger partial charge on any atom is -0.508 e. The third kappa shape index (κ3) is 3.82. The normalized spacial score (nSPS) is 12.1. The quantitative estimate of drug-likeness (QED) is 0.433. The first-order valence-electron chi connectivity index (χ1n) is 9.05. The molecule has 0 saturated heterocycles. The molecule has 0 aliphatic heterocycles. The molecule has 3 aromatic carbocycles. The van der Waals surface area contributed by atoms with Crippen LogP contribution in [-0.2, 0) is 0 Å². The summed E-state index contributed by atoms with van der Waals surface area (Å²) in [7, 11) is 0. The van der Waals surface area contributed by atoms with E-state index in [0.29, 0.717) is 0 Å². The van der Waals surface area contributed by atoms with E-state index in [1.165, 1.54) is 6.07 Å². The molecule has 0 fully saturated rings.